The number of alkyl halides is 3. The van der Waals surface area contributed by atoms with Crippen molar-refractivity contribution in [3.8, 4) is 11.3 Å². The van der Waals surface area contributed by atoms with Crippen LogP contribution in [0.2, 0.25) is 0 Å². The highest BCUT2D eigenvalue weighted by molar-refractivity contribution is 5.93. The summed E-state index contributed by atoms with van der Waals surface area (Å²) in [6, 6.07) is 5.66. The van der Waals surface area contributed by atoms with E-state index >= 15 is 0 Å². The predicted molar refractivity (Wildman–Crippen MR) is 107 cm³/mol. The van der Waals surface area contributed by atoms with E-state index in [2.05, 4.69) is 20.4 Å². The lowest BCUT2D eigenvalue weighted by molar-refractivity contribution is -0.158. The fourth-order valence-corrected chi connectivity index (χ4v) is 3.83. The highest BCUT2D eigenvalue weighted by Gasteiger charge is 2.49. The number of carbonyl (C=O) groups excluding carboxylic acids is 1. The van der Waals surface area contributed by atoms with Crippen LogP contribution in [0.15, 0.2) is 36.8 Å². The van der Waals surface area contributed by atoms with Crippen molar-refractivity contribution in [2.75, 3.05) is 0 Å². The summed E-state index contributed by atoms with van der Waals surface area (Å²) in [6.07, 6.45) is -0.615. The monoisotopic (exact) mass is 428 g/mol. The fraction of sp³-hybridized carbons (Fsp3) is 0.333. The van der Waals surface area contributed by atoms with Crippen molar-refractivity contribution in [2.45, 2.75) is 32.0 Å². The second kappa shape index (κ2) is 6.79. The Balaban J connectivity index is 1.54. The molecule has 1 fully saturated rings. The quantitative estimate of drug-likeness (QED) is 0.538. The molecule has 10 heteroatoms. The molecule has 0 aliphatic heterocycles. The molecule has 4 aromatic rings. The van der Waals surface area contributed by atoms with E-state index < -0.39 is 24.0 Å². The van der Waals surface area contributed by atoms with Gasteiger partial charge < -0.3 is 9.88 Å². The summed E-state index contributed by atoms with van der Waals surface area (Å²) in [5.74, 6) is -1.41. The number of amides is 1. The van der Waals surface area contributed by atoms with Gasteiger partial charge in [0.15, 0.2) is 11.3 Å². The van der Waals surface area contributed by atoms with Crippen LogP contribution in [0, 0.1) is 12.8 Å². The molecule has 1 saturated carbocycles. The number of benzene rings is 1. The van der Waals surface area contributed by atoms with Gasteiger partial charge in [0, 0.05) is 12.6 Å². The van der Waals surface area contributed by atoms with E-state index in [9.17, 15) is 18.0 Å². The third-order valence-electron chi connectivity index (χ3n) is 5.64. The third kappa shape index (κ3) is 3.41. The summed E-state index contributed by atoms with van der Waals surface area (Å²) in [5, 5.41) is 6.65. The molecule has 0 saturated heterocycles. The summed E-state index contributed by atoms with van der Waals surface area (Å²) in [4.78, 5) is 21.3. The Morgan fingerprint density at radius 1 is 1.23 bits per heavy atom. The normalized spacial score (nSPS) is 15.5. The van der Waals surface area contributed by atoms with Gasteiger partial charge in [0.05, 0.1) is 29.3 Å². The molecule has 1 N–H and O–H groups in total. The van der Waals surface area contributed by atoms with Gasteiger partial charge in [0.25, 0.3) is 5.91 Å². The molecular formula is C21H19F3N6O. The maximum absolute atomic E-state index is 13.3. The zero-order valence-electron chi connectivity index (χ0n) is 16.8. The standard InChI is InChI=1S/C21H19F3N6O/c1-11-7-14(13-5-6-16-15(8-13)26-10-29(16)2)28-30-17(9-25-19(11)30)20(31)27-18(12-3-4-12)21(22,23)24/h5-10,12,18H,3-4H2,1-2H3,(H,27,31). The summed E-state index contributed by atoms with van der Waals surface area (Å²) in [7, 11) is 1.90. The van der Waals surface area contributed by atoms with Gasteiger partial charge in [-0.2, -0.15) is 18.3 Å². The fourth-order valence-electron chi connectivity index (χ4n) is 3.83. The second-order valence-electron chi connectivity index (χ2n) is 7.98. The Labute approximate surface area is 174 Å². The number of aromatic nitrogens is 5. The molecule has 1 aromatic carbocycles. The topological polar surface area (TPSA) is 77.1 Å². The van der Waals surface area contributed by atoms with Crippen molar-refractivity contribution in [1.29, 1.82) is 0 Å². The summed E-state index contributed by atoms with van der Waals surface area (Å²) >= 11 is 0. The van der Waals surface area contributed by atoms with E-state index in [1.54, 1.807) is 6.33 Å². The van der Waals surface area contributed by atoms with Crippen LogP contribution in [0.3, 0.4) is 0 Å². The van der Waals surface area contributed by atoms with E-state index in [1.807, 2.05) is 42.8 Å². The molecular weight excluding hydrogens is 409 g/mol. The van der Waals surface area contributed by atoms with Gasteiger partial charge in [-0.05, 0) is 49.4 Å². The van der Waals surface area contributed by atoms with Crippen molar-refractivity contribution in [2.24, 2.45) is 13.0 Å². The number of halogens is 3. The summed E-state index contributed by atoms with van der Waals surface area (Å²) < 4.78 is 43.2. The van der Waals surface area contributed by atoms with Crippen molar-refractivity contribution >= 4 is 22.6 Å². The van der Waals surface area contributed by atoms with Gasteiger partial charge in [-0.3, -0.25) is 4.79 Å². The lowest BCUT2D eigenvalue weighted by Crippen LogP contribution is -2.47. The first-order chi connectivity index (χ1) is 14.7. The zero-order valence-corrected chi connectivity index (χ0v) is 16.8. The van der Waals surface area contributed by atoms with Crippen molar-refractivity contribution < 1.29 is 18.0 Å². The summed E-state index contributed by atoms with van der Waals surface area (Å²) in [5.41, 5.74) is 4.24. The molecule has 1 aliphatic rings. The van der Waals surface area contributed by atoms with E-state index in [4.69, 9.17) is 0 Å². The first-order valence-electron chi connectivity index (χ1n) is 9.87. The molecule has 31 heavy (non-hydrogen) atoms. The number of hydrogen-bond acceptors (Lipinski definition) is 4. The predicted octanol–water partition coefficient (Wildman–Crippen LogP) is 3.66. The number of nitrogens with zero attached hydrogens (tertiary/aromatic N) is 5. The van der Waals surface area contributed by atoms with Crippen LogP contribution >= 0.6 is 0 Å². The number of carbonyl (C=O) groups is 1. The first kappa shape index (κ1) is 19.5. The second-order valence-corrected chi connectivity index (χ2v) is 7.98. The smallest absolute Gasteiger partial charge is 0.339 e. The van der Waals surface area contributed by atoms with Crippen LogP contribution < -0.4 is 5.32 Å². The number of hydrogen-bond donors (Lipinski definition) is 1. The van der Waals surface area contributed by atoms with Crippen molar-refractivity contribution in [1.82, 2.24) is 29.5 Å². The Hall–Kier alpha value is -3.43. The third-order valence-corrected chi connectivity index (χ3v) is 5.64. The molecule has 160 valence electrons. The van der Waals surface area contributed by atoms with Crippen LogP contribution in [0.4, 0.5) is 13.2 Å². The number of imidazole rings is 2. The van der Waals surface area contributed by atoms with Gasteiger partial charge in [-0.15, -0.1) is 0 Å². The van der Waals surface area contributed by atoms with Crippen LogP contribution in [-0.4, -0.2) is 42.3 Å². The first-order valence-corrected chi connectivity index (χ1v) is 9.87. The van der Waals surface area contributed by atoms with E-state index in [0.717, 1.165) is 22.2 Å². The lowest BCUT2D eigenvalue weighted by atomic mass is 10.1. The number of nitrogens with one attached hydrogen (secondary N) is 1. The summed E-state index contributed by atoms with van der Waals surface area (Å²) in [6.45, 7) is 1.82. The van der Waals surface area contributed by atoms with Gasteiger partial charge in [-0.1, -0.05) is 6.07 Å². The molecule has 1 aliphatic carbocycles. The Bertz CT molecular complexity index is 1320. The van der Waals surface area contributed by atoms with Crippen molar-refractivity contribution in [3.63, 3.8) is 0 Å². The number of fused-ring (bicyclic) bond motifs is 2. The van der Waals surface area contributed by atoms with Gasteiger partial charge >= 0.3 is 6.18 Å². The SMILES string of the molecule is Cc1cc(-c2ccc3c(c2)ncn3C)nn2c(C(=O)NC(C3CC3)C(F)(F)F)cnc12. The highest BCUT2D eigenvalue weighted by atomic mass is 19.4. The van der Waals surface area contributed by atoms with E-state index in [0.29, 0.717) is 24.2 Å². The molecule has 1 atom stereocenters. The van der Waals surface area contributed by atoms with E-state index in [-0.39, 0.29) is 5.69 Å². The van der Waals surface area contributed by atoms with Gasteiger partial charge in [0.2, 0.25) is 0 Å². The molecule has 7 nitrogen and oxygen atoms in total. The minimum absolute atomic E-state index is 0.0336. The largest absolute Gasteiger partial charge is 0.408 e. The van der Waals surface area contributed by atoms with Crippen molar-refractivity contribution in [3.05, 3.63) is 48.0 Å². The minimum atomic E-state index is -4.50. The maximum atomic E-state index is 13.3. The molecule has 0 bridgehead atoms. The highest BCUT2D eigenvalue weighted by Crippen LogP contribution is 2.40. The molecule has 0 spiro atoms. The van der Waals surface area contributed by atoms with Crippen LogP contribution in [0.5, 0.6) is 0 Å². The van der Waals surface area contributed by atoms with Crippen LogP contribution in [-0.2, 0) is 7.05 Å². The van der Waals surface area contributed by atoms with Crippen LogP contribution in [0.25, 0.3) is 27.9 Å². The molecule has 1 amide bonds. The van der Waals surface area contributed by atoms with Gasteiger partial charge in [-0.25, -0.2) is 14.5 Å². The Morgan fingerprint density at radius 2 is 2.00 bits per heavy atom. The maximum Gasteiger partial charge on any atom is 0.408 e. The average Bonchev–Trinajstić information content (AvgIpc) is 3.35. The molecule has 1 unspecified atom stereocenters. The molecule has 0 radical (unpaired) electrons. The van der Waals surface area contributed by atoms with Gasteiger partial charge in [0.1, 0.15) is 6.04 Å². The minimum Gasteiger partial charge on any atom is -0.339 e. The molecule has 5 rings (SSSR count). The number of aryl methyl sites for hydroxylation is 2. The molecule has 3 heterocycles. The Morgan fingerprint density at radius 3 is 2.71 bits per heavy atom. The average molecular weight is 428 g/mol. The number of rotatable bonds is 4. The van der Waals surface area contributed by atoms with Crippen LogP contribution in [0.1, 0.15) is 28.9 Å². The zero-order chi connectivity index (χ0) is 21.9. The van der Waals surface area contributed by atoms with E-state index in [1.165, 1.54) is 10.7 Å². The molecule has 3 aromatic heterocycles. The Kier molecular flexibility index (Phi) is 4.28. The lowest BCUT2D eigenvalue weighted by Gasteiger charge is -2.21.